The number of carboxylic acids is 2. The summed E-state index contributed by atoms with van der Waals surface area (Å²) in [5.74, 6) is -2.21. The van der Waals surface area contributed by atoms with Crippen LogP contribution in [0.1, 0.15) is 29.9 Å². The summed E-state index contributed by atoms with van der Waals surface area (Å²) >= 11 is 0. The van der Waals surface area contributed by atoms with E-state index in [1.807, 2.05) is 66.9 Å². The second-order valence-corrected chi connectivity index (χ2v) is 9.32. The van der Waals surface area contributed by atoms with Crippen molar-refractivity contribution in [2.24, 2.45) is 0 Å². The zero-order valence-electron chi connectivity index (χ0n) is 22.3. The largest absolute Gasteiger partial charge is 0.493 e. The van der Waals surface area contributed by atoms with E-state index in [4.69, 9.17) is 14.6 Å². The fourth-order valence-electron chi connectivity index (χ4n) is 4.57. The van der Waals surface area contributed by atoms with E-state index in [-0.39, 0.29) is 12.3 Å². The molecule has 1 atom stereocenters. The van der Waals surface area contributed by atoms with Crippen molar-refractivity contribution in [2.45, 2.75) is 24.9 Å². The molecule has 0 saturated heterocycles. The van der Waals surface area contributed by atoms with Gasteiger partial charge in [0.15, 0.2) is 0 Å². The first-order valence-electron chi connectivity index (χ1n) is 13.0. The predicted octanol–water partition coefficient (Wildman–Crippen LogP) is 6.84. The minimum absolute atomic E-state index is 0.0164. The first kappa shape index (κ1) is 29.9. The Balaban J connectivity index is 0.000000517. The minimum Gasteiger partial charge on any atom is -0.493 e. The summed E-state index contributed by atoms with van der Waals surface area (Å²) in [7, 11) is 0. The molecule has 3 aromatic carbocycles. The predicted molar refractivity (Wildman–Crippen MR) is 153 cm³/mol. The lowest BCUT2D eigenvalue weighted by Crippen LogP contribution is -2.21. The number of rotatable bonds is 10. The lowest BCUT2D eigenvalue weighted by molar-refractivity contribution is -0.192. The summed E-state index contributed by atoms with van der Waals surface area (Å²) in [6, 6.07) is 25.9. The standard InChI is InChI=1S/C29H27N3O3.C2HF3O2/c33-29(34)18-25(23-10-5-8-20-7-1-2-9-22(20)23)26-19-32-27-17-21(12-13-24(26)27)35-16-6-15-31-28-11-3-4-14-30-28;3-2(4,5)1(6)7/h1-5,7-14,17,19,25,32H,6,15-16,18H2,(H,30,31)(H,33,34);(H,6,7). The average molecular weight is 580 g/mol. The lowest BCUT2D eigenvalue weighted by Gasteiger charge is -2.18. The van der Waals surface area contributed by atoms with E-state index >= 15 is 0 Å². The minimum atomic E-state index is -5.08. The van der Waals surface area contributed by atoms with E-state index in [9.17, 15) is 23.1 Å². The SMILES string of the molecule is O=C(O)C(F)(F)F.O=C(O)CC(c1cccc2ccccc12)c1c[nH]c2cc(OCCCNc3ccccn3)ccc12. The van der Waals surface area contributed by atoms with Gasteiger partial charge in [0, 0.05) is 41.8 Å². The number of nitrogens with zero attached hydrogens (tertiary/aromatic N) is 1. The van der Waals surface area contributed by atoms with Gasteiger partial charge in [-0.1, -0.05) is 48.5 Å². The molecule has 0 saturated carbocycles. The number of nitrogens with one attached hydrogen (secondary N) is 2. The van der Waals surface area contributed by atoms with Gasteiger partial charge in [0.2, 0.25) is 0 Å². The van der Waals surface area contributed by atoms with Gasteiger partial charge in [0.05, 0.1) is 13.0 Å². The van der Waals surface area contributed by atoms with Gasteiger partial charge in [-0.05, 0) is 52.6 Å². The van der Waals surface area contributed by atoms with Crippen molar-refractivity contribution in [1.82, 2.24) is 9.97 Å². The summed E-state index contributed by atoms with van der Waals surface area (Å²) in [6.07, 6.45) is -0.532. The highest BCUT2D eigenvalue weighted by molar-refractivity contribution is 5.90. The van der Waals surface area contributed by atoms with Crippen LogP contribution in [0.2, 0.25) is 0 Å². The van der Waals surface area contributed by atoms with Crippen LogP contribution >= 0.6 is 0 Å². The van der Waals surface area contributed by atoms with Crippen LogP contribution in [0.15, 0.2) is 91.3 Å². The Kier molecular flexibility index (Phi) is 9.64. The topological polar surface area (TPSA) is 125 Å². The number of benzene rings is 3. The Morgan fingerprint density at radius 2 is 1.67 bits per heavy atom. The van der Waals surface area contributed by atoms with Crippen LogP contribution in [0.4, 0.5) is 19.0 Å². The van der Waals surface area contributed by atoms with E-state index in [1.165, 1.54) is 0 Å². The van der Waals surface area contributed by atoms with Crippen molar-refractivity contribution in [3.8, 4) is 5.75 Å². The van der Waals surface area contributed by atoms with Crippen LogP contribution in [0.5, 0.6) is 5.75 Å². The fourth-order valence-corrected chi connectivity index (χ4v) is 4.57. The molecule has 0 aliphatic heterocycles. The van der Waals surface area contributed by atoms with Gasteiger partial charge in [-0.2, -0.15) is 13.2 Å². The Bertz CT molecular complexity index is 1650. The molecule has 0 amide bonds. The number of carbonyl (C=O) groups is 2. The number of hydrogen-bond acceptors (Lipinski definition) is 5. The summed E-state index contributed by atoms with van der Waals surface area (Å²) in [6.45, 7) is 1.35. The van der Waals surface area contributed by atoms with Gasteiger partial charge in [-0.25, -0.2) is 9.78 Å². The van der Waals surface area contributed by atoms with Crippen LogP contribution < -0.4 is 10.1 Å². The number of H-pyrrole nitrogens is 1. The Morgan fingerprint density at radius 1 is 0.929 bits per heavy atom. The van der Waals surface area contributed by atoms with Crippen molar-refractivity contribution in [3.05, 3.63) is 102 Å². The molecule has 0 spiro atoms. The molecule has 2 aromatic heterocycles. The third kappa shape index (κ3) is 7.78. The van der Waals surface area contributed by atoms with Gasteiger partial charge < -0.3 is 25.3 Å². The molecule has 0 radical (unpaired) electrons. The van der Waals surface area contributed by atoms with Gasteiger partial charge in [-0.3, -0.25) is 4.79 Å². The van der Waals surface area contributed by atoms with Crippen LogP contribution in [0.25, 0.3) is 21.7 Å². The van der Waals surface area contributed by atoms with Crippen molar-refractivity contribution in [2.75, 3.05) is 18.5 Å². The Labute approximate surface area is 238 Å². The van der Waals surface area contributed by atoms with E-state index in [2.05, 4.69) is 33.5 Å². The molecule has 42 heavy (non-hydrogen) atoms. The first-order valence-corrected chi connectivity index (χ1v) is 13.0. The molecule has 8 nitrogen and oxygen atoms in total. The van der Waals surface area contributed by atoms with Crippen LogP contribution in [-0.4, -0.2) is 51.4 Å². The highest BCUT2D eigenvalue weighted by atomic mass is 19.4. The monoisotopic (exact) mass is 579 g/mol. The zero-order valence-corrected chi connectivity index (χ0v) is 22.3. The maximum Gasteiger partial charge on any atom is 0.490 e. The van der Waals surface area contributed by atoms with E-state index in [1.54, 1.807) is 6.20 Å². The fraction of sp³-hybridized carbons (Fsp3) is 0.194. The number of aromatic nitrogens is 2. The number of fused-ring (bicyclic) bond motifs is 2. The quantitative estimate of drug-likeness (QED) is 0.134. The highest BCUT2D eigenvalue weighted by Gasteiger charge is 2.38. The van der Waals surface area contributed by atoms with Crippen molar-refractivity contribution < 1.29 is 37.7 Å². The number of alkyl halides is 3. The van der Waals surface area contributed by atoms with E-state index in [0.29, 0.717) is 6.61 Å². The molecule has 0 aliphatic carbocycles. The molecule has 11 heteroatoms. The smallest absolute Gasteiger partial charge is 0.490 e. The summed E-state index contributed by atoms with van der Waals surface area (Å²) in [5.41, 5.74) is 2.93. The molecule has 218 valence electrons. The van der Waals surface area contributed by atoms with Crippen molar-refractivity contribution >= 4 is 39.4 Å². The van der Waals surface area contributed by atoms with Crippen molar-refractivity contribution in [3.63, 3.8) is 0 Å². The third-order valence-corrected chi connectivity index (χ3v) is 6.44. The number of aliphatic carboxylic acids is 2. The molecule has 0 fully saturated rings. The molecule has 4 N–H and O–H groups in total. The number of halogens is 3. The van der Waals surface area contributed by atoms with E-state index < -0.39 is 18.1 Å². The summed E-state index contributed by atoms with van der Waals surface area (Å²) in [5, 5.41) is 23.3. The second kappa shape index (κ2) is 13.5. The molecule has 5 aromatic rings. The van der Waals surface area contributed by atoms with Gasteiger partial charge in [0.1, 0.15) is 11.6 Å². The van der Waals surface area contributed by atoms with E-state index in [0.717, 1.165) is 57.3 Å². The van der Waals surface area contributed by atoms with Gasteiger partial charge in [0.25, 0.3) is 0 Å². The molecular weight excluding hydrogens is 551 g/mol. The maximum absolute atomic E-state index is 11.8. The lowest BCUT2D eigenvalue weighted by atomic mass is 9.85. The number of pyridine rings is 1. The number of carboxylic acid groups (broad SMARTS) is 2. The summed E-state index contributed by atoms with van der Waals surface area (Å²) in [4.78, 5) is 28.3. The molecule has 2 heterocycles. The average Bonchev–Trinajstić information content (AvgIpc) is 3.39. The van der Waals surface area contributed by atoms with Crippen LogP contribution in [0.3, 0.4) is 0 Å². The van der Waals surface area contributed by atoms with Gasteiger partial charge >= 0.3 is 18.1 Å². The second-order valence-electron chi connectivity index (χ2n) is 9.32. The zero-order chi connectivity index (χ0) is 30.1. The highest BCUT2D eigenvalue weighted by Crippen LogP contribution is 2.37. The maximum atomic E-state index is 11.8. The Hall–Kier alpha value is -5.06. The van der Waals surface area contributed by atoms with Crippen LogP contribution in [-0.2, 0) is 9.59 Å². The third-order valence-electron chi connectivity index (χ3n) is 6.44. The molecular formula is C31H28F3N3O5. The van der Waals surface area contributed by atoms with Crippen LogP contribution in [0, 0.1) is 0 Å². The first-order chi connectivity index (χ1) is 20.1. The molecule has 5 rings (SSSR count). The Morgan fingerprint density at radius 3 is 2.38 bits per heavy atom. The van der Waals surface area contributed by atoms with Gasteiger partial charge in [-0.15, -0.1) is 0 Å². The number of ether oxygens (including phenoxy) is 1. The molecule has 0 aliphatic rings. The van der Waals surface area contributed by atoms with Crippen molar-refractivity contribution in [1.29, 1.82) is 0 Å². The normalized spacial score (nSPS) is 11.9. The summed E-state index contributed by atoms with van der Waals surface area (Å²) < 4.78 is 37.7. The number of hydrogen-bond donors (Lipinski definition) is 4. The molecule has 1 unspecified atom stereocenters. The number of aromatic amines is 1. The number of anilines is 1. The molecule has 0 bridgehead atoms.